The number of imidazole rings is 1. The summed E-state index contributed by atoms with van der Waals surface area (Å²) >= 11 is 0. The molecule has 8 nitrogen and oxygen atoms in total. The van der Waals surface area contributed by atoms with Gasteiger partial charge in [0.1, 0.15) is 0 Å². The van der Waals surface area contributed by atoms with Crippen molar-refractivity contribution in [3.8, 4) is 11.3 Å². The van der Waals surface area contributed by atoms with Crippen molar-refractivity contribution in [3.63, 3.8) is 0 Å². The van der Waals surface area contributed by atoms with Gasteiger partial charge >= 0.3 is 0 Å². The van der Waals surface area contributed by atoms with E-state index in [4.69, 9.17) is 5.73 Å². The van der Waals surface area contributed by atoms with Gasteiger partial charge in [0.15, 0.2) is 5.65 Å². The van der Waals surface area contributed by atoms with E-state index >= 15 is 0 Å². The zero-order valence-electron chi connectivity index (χ0n) is 16.5. The van der Waals surface area contributed by atoms with E-state index < -0.39 is 15.6 Å². The van der Waals surface area contributed by atoms with Gasteiger partial charge in [-0.2, -0.15) is 5.10 Å². The lowest BCUT2D eigenvalue weighted by Crippen LogP contribution is -2.42. The van der Waals surface area contributed by atoms with Crippen LogP contribution in [0.15, 0.2) is 41.6 Å². The second kappa shape index (κ2) is 7.08. The van der Waals surface area contributed by atoms with Crippen molar-refractivity contribution in [1.82, 2.24) is 19.3 Å². The number of nitrogens with two attached hydrogens (primary N) is 1. The molecule has 0 saturated heterocycles. The van der Waals surface area contributed by atoms with Gasteiger partial charge in [0.25, 0.3) is 0 Å². The summed E-state index contributed by atoms with van der Waals surface area (Å²) in [7, 11) is -3.70. The van der Waals surface area contributed by atoms with Gasteiger partial charge in [-0.25, -0.2) is 22.6 Å². The minimum absolute atomic E-state index is 0.178. The highest BCUT2D eigenvalue weighted by Gasteiger charge is 2.31. The SMILES string of the molecule is Cc1ccc(S(=O)(=O)N[C@H]2CC[C@@](C)(O)CC2)cc1-c1cnc2c(N)ccnn12. The van der Waals surface area contributed by atoms with Gasteiger partial charge in [0.05, 0.1) is 34.3 Å². The number of aliphatic hydroxyl groups is 1. The van der Waals surface area contributed by atoms with Crippen LogP contribution < -0.4 is 10.5 Å². The van der Waals surface area contributed by atoms with E-state index in [1.807, 2.05) is 6.92 Å². The van der Waals surface area contributed by atoms with E-state index in [2.05, 4.69) is 14.8 Å². The summed E-state index contributed by atoms with van der Waals surface area (Å²) in [6.45, 7) is 3.70. The van der Waals surface area contributed by atoms with Crippen molar-refractivity contribution < 1.29 is 13.5 Å². The highest BCUT2D eigenvalue weighted by molar-refractivity contribution is 7.89. The molecule has 1 aliphatic rings. The van der Waals surface area contributed by atoms with Gasteiger partial charge in [0, 0.05) is 11.6 Å². The smallest absolute Gasteiger partial charge is 0.240 e. The summed E-state index contributed by atoms with van der Waals surface area (Å²) < 4.78 is 30.4. The maximum atomic E-state index is 13.0. The molecule has 4 rings (SSSR count). The first kappa shape index (κ1) is 19.8. The lowest BCUT2D eigenvalue weighted by atomic mass is 9.84. The van der Waals surface area contributed by atoms with E-state index in [0.717, 1.165) is 11.1 Å². The second-order valence-electron chi connectivity index (χ2n) is 8.03. The number of aromatic nitrogens is 3. The van der Waals surface area contributed by atoms with E-state index in [9.17, 15) is 13.5 Å². The normalized spacial score (nSPS) is 22.8. The maximum Gasteiger partial charge on any atom is 0.240 e. The number of benzene rings is 1. The molecule has 0 bridgehead atoms. The predicted octanol–water partition coefficient (Wildman–Crippen LogP) is 2.26. The van der Waals surface area contributed by atoms with Crippen molar-refractivity contribution in [1.29, 1.82) is 0 Å². The number of nitrogens with one attached hydrogen (secondary N) is 1. The molecule has 0 atom stereocenters. The minimum Gasteiger partial charge on any atom is -0.396 e. The maximum absolute atomic E-state index is 13.0. The van der Waals surface area contributed by atoms with Crippen molar-refractivity contribution >= 4 is 21.4 Å². The zero-order chi connectivity index (χ0) is 20.8. The van der Waals surface area contributed by atoms with Crippen LogP contribution in [0.5, 0.6) is 0 Å². The molecule has 0 aliphatic heterocycles. The fourth-order valence-electron chi connectivity index (χ4n) is 3.79. The Hall–Kier alpha value is -2.49. The van der Waals surface area contributed by atoms with Crippen LogP contribution in [0, 0.1) is 6.92 Å². The van der Waals surface area contributed by atoms with Gasteiger partial charge in [-0.3, -0.25) is 0 Å². The van der Waals surface area contributed by atoms with Crippen LogP contribution in [0.2, 0.25) is 0 Å². The number of aryl methyl sites for hydroxylation is 1. The molecule has 4 N–H and O–H groups in total. The monoisotopic (exact) mass is 415 g/mol. The van der Waals surface area contributed by atoms with Gasteiger partial charge in [0.2, 0.25) is 10.0 Å². The third kappa shape index (κ3) is 3.85. The first-order valence-corrected chi connectivity index (χ1v) is 11.1. The van der Waals surface area contributed by atoms with Crippen molar-refractivity contribution in [2.24, 2.45) is 0 Å². The Morgan fingerprint density at radius 2 is 2.00 bits per heavy atom. The van der Waals surface area contributed by atoms with E-state index in [1.54, 1.807) is 48.1 Å². The second-order valence-corrected chi connectivity index (χ2v) is 9.75. The van der Waals surface area contributed by atoms with Crippen LogP contribution in [0.3, 0.4) is 0 Å². The molecule has 0 unspecified atom stereocenters. The van der Waals surface area contributed by atoms with Crippen LogP contribution in [0.1, 0.15) is 38.2 Å². The molecule has 1 aromatic carbocycles. The molecule has 154 valence electrons. The zero-order valence-corrected chi connectivity index (χ0v) is 17.3. The molecular weight excluding hydrogens is 390 g/mol. The average molecular weight is 416 g/mol. The lowest BCUT2D eigenvalue weighted by molar-refractivity contribution is 0.0163. The summed E-state index contributed by atoms with van der Waals surface area (Å²) in [5.74, 6) is 0. The number of rotatable bonds is 4. The number of fused-ring (bicyclic) bond motifs is 1. The van der Waals surface area contributed by atoms with Crippen LogP contribution in [-0.2, 0) is 10.0 Å². The molecule has 29 heavy (non-hydrogen) atoms. The van der Waals surface area contributed by atoms with Crippen LogP contribution in [0.25, 0.3) is 16.9 Å². The average Bonchev–Trinajstić information content (AvgIpc) is 3.09. The Morgan fingerprint density at radius 3 is 2.72 bits per heavy atom. The molecule has 0 radical (unpaired) electrons. The fourth-order valence-corrected chi connectivity index (χ4v) is 5.12. The van der Waals surface area contributed by atoms with Crippen molar-refractivity contribution in [2.75, 3.05) is 5.73 Å². The van der Waals surface area contributed by atoms with E-state index in [-0.39, 0.29) is 10.9 Å². The third-order valence-electron chi connectivity index (χ3n) is 5.61. The molecule has 3 aromatic rings. The number of nitrogen functional groups attached to an aromatic ring is 1. The van der Waals surface area contributed by atoms with E-state index in [0.29, 0.717) is 42.7 Å². The van der Waals surface area contributed by atoms with Crippen LogP contribution in [-0.4, -0.2) is 39.8 Å². The number of hydrogen-bond donors (Lipinski definition) is 3. The van der Waals surface area contributed by atoms with Gasteiger partial charge < -0.3 is 10.8 Å². The Bertz CT molecular complexity index is 1160. The Labute approximate surface area is 169 Å². The Kier molecular flexibility index (Phi) is 4.84. The largest absolute Gasteiger partial charge is 0.396 e. The topological polar surface area (TPSA) is 123 Å². The molecule has 0 amide bonds. The number of anilines is 1. The summed E-state index contributed by atoms with van der Waals surface area (Å²) in [6, 6.07) is 6.52. The molecular formula is C20H25N5O3S. The van der Waals surface area contributed by atoms with Crippen molar-refractivity contribution in [3.05, 3.63) is 42.2 Å². The lowest BCUT2D eigenvalue weighted by Gasteiger charge is -2.33. The van der Waals surface area contributed by atoms with Gasteiger partial charge in [-0.1, -0.05) is 6.07 Å². The first-order valence-electron chi connectivity index (χ1n) is 9.60. The molecule has 2 aromatic heterocycles. The predicted molar refractivity (Wildman–Crippen MR) is 111 cm³/mol. The highest BCUT2D eigenvalue weighted by atomic mass is 32.2. The summed E-state index contributed by atoms with van der Waals surface area (Å²) in [6.07, 6.45) is 5.61. The van der Waals surface area contributed by atoms with E-state index in [1.165, 1.54) is 0 Å². The summed E-state index contributed by atoms with van der Waals surface area (Å²) in [5.41, 5.74) is 8.59. The van der Waals surface area contributed by atoms with Gasteiger partial charge in [-0.15, -0.1) is 0 Å². The first-order chi connectivity index (χ1) is 13.7. The third-order valence-corrected chi connectivity index (χ3v) is 7.13. The Balaban J connectivity index is 1.67. The molecule has 9 heteroatoms. The van der Waals surface area contributed by atoms with Crippen molar-refractivity contribution in [2.45, 2.75) is 56.1 Å². The molecule has 1 saturated carbocycles. The number of nitrogens with zero attached hydrogens (tertiary/aromatic N) is 3. The standard InChI is InChI=1S/C20H25N5O3S/c1-13-3-4-15(29(27,28)24-14-5-8-20(2,26)9-6-14)11-16(13)18-12-22-19-17(21)7-10-23-25(18)19/h3-4,7,10-12,14,24,26H,5-6,8-9,21H2,1-2H3/t14-,20+. The quantitative estimate of drug-likeness (QED) is 0.601. The Morgan fingerprint density at radius 1 is 1.28 bits per heavy atom. The number of sulfonamides is 1. The minimum atomic E-state index is -3.70. The molecule has 0 spiro atoms. The molecule has 1 aliphatic carbocycles. The molecule has 1 fully saturated rings. The molecule has 2 heterocycles. The fraction of sp³-hybridized carbons (Fsp3) is 0.400. The summed E-state index contributed by atoms with van der Waals surface area (Å²) in [5, 5.41) is 14.4. The number of hydrogen-bond acceptors (Lipinski definition) is 6. The van der Waals surface area contributed by atoms with Crippen LogP contribution in [0.4, 0.5) is 5.69 Å². The van der Waals surface area contributed by atoms with Gasteiger partial charge in [-0.05, 0) is 63.3 Å². The highest BCUT2D eigenvalue weighted by Crippen LogP contribution is 2.30. The van der Waals surface area contributed by atoms with Crippen LogP contribution >= 0.6 is 0 Å². The summed E-state index contributed by atoms with van der Waals surface area (Å²) in [4.78, 5) is 4.51.